The number of alkyl halides is 3. The van der Waals surface area contributed by atoms with E-state index in [0.717, 1.165) is 12.7 Å². The van der Waals surface area contributed by atoms with Crippen LogP contribution in [0.3, 0.4) is 0 Å². The number of rotatable bonds is 18. The lowest BCUT2D eigenvalue weighted by Crippen LogP contribution is -2.44. The van der Waals surface area contributed by atoms with Gasteiger partial charge in [0.1, 0.15) is 6.04 Å². The second kappa shape index (κ2) is 16.7. The van der Waals surface area contributed by atoms with Crippen molar-refractivity contribution in [2.75, 3.05) is 38.0 Å². The third kappa shape index (κ3) is 10.5. The third-order valence-electron chi connectivity index (χ3n) is 8.95. The minimum absolute atomic E-state index is 0.0345. The van der Waals surface area contributed by atoms with E-state index in [1.165, 1.54) is 31.4 Å². The van der Waals surface area contributed by atoms with Crippen molar-refractivity contribution in [3.05, 3.63) is 64.7 Å². The maximum atomic E-state index is 13.1. The Morgan fingerprint density at radius 1 is 0.889 bits per heavy atom. The Hall–Kier alpha value is -5.52. The second-order valence-electron chi connectivity index (χ2n) is 12.9. The molecule has 19 heteroatoms. The molecule has 15 nitrogen and oxygen atoms in total. The van der Waals surface area contributed by atoms with Crippen LogP contribution in [-0.4, -0.2) is 84.1 Å². The summed E-state index contributed by atoms with van der Waals surface area (Å²) in [6, 6.07) is 11.1. The van der Waals surface area contributed by atoms with Crippen LogP contribution >= 0.6 is 11.6 Å². The van der Waals surface area contributed by atoms with Crippen LogP contribution in [0.25, 0.3) is 0 Å². The number of nitrogens with zero attached hydrogens (tertiary/aromatic N) is 3. The number of aromatic nitrogens is 3. The molecule has 3 aromatic rings. The highest BCUT2D eigenvalue weighted by Crippen LogP contribution is 2.50. The molecule has 2 aromatic carbocycles. The summed E-state index contributed by atoms with van der Waals surface area (Å²) >= 11 is 6.02. The Morgan fingerprint density at radius 2 is 1.56 bits per heavy atom. The van der Waals surface area contributed by atoms with Gasteiger partial charge in [-0.1, -0.05) is 23.7 Å². The van der Waals surface area contributed by atoms with Gasteiger partial charge >= 0.3 is 24.1 Å². The molecule has 1 atom stereocenters. The number of hydrogen-bond acceptors (Lipinski definition) is 13. The largest absolute Gasteiger partial charge is 0.469 e. The first-order chi connectivity index (χ1) is 25.6. The average Bonchev–Trinajstić information content (AvgIpc) is 4.09. The maximum Gasteiger partial charge on any atom is 0.422 e. The smallest absolute Gasteiger partial charge is 0.422 e. The van der Waals surface area contributed by atoms with Crippen LogP contribution in [-0.2, 0) is 34.2 Å². The molecule has 2 amide bonds. The van der Waals surface area contributed by atoms with Crippen LogP contribution in [0.2, 0.25) is 5.02 Å². The van der Waals surface area contributed by atoms with Gasteiger partial charge in [-0.15, -0.1) is 0 Å². The highest BCUT2D eigenvalue weighted by Gasteiger charge is 2.51. The van der Waals surface area contributed by atoms with Gasteiger partial charge in [0.15, 0.2) is 6.61 Å². The number of carbonyl (C=O) groups excluding carboxylic acids is 5. The van der Waals surface area contributed by atoms with Crippen molar-refractivity contribution in [2.24, 2.45) is 5.41 Å². The summed E-state index contributed by atoms with van der Waals surface area (Å²) in [6.07, 6.45) is -2.11. The fourth-order valence-corrected chi connectivity index (χ4v) is 5.68. The summed E-state index contributed by atoms with van der Waals surface area (Å²) in [5.74, 6) is -3.65. The summed E-state index contributed by atoms with van der Waals surface area (Å²) in [7, 11) is 2.39. The number of anilines is 3. The number of ether oxygens (including phenoxy) is 3. The van der Waals surface area contributed by atoms with Gasteiger partial charge in [0.05, 0.1) is 25.2 Å². The number of ketones is 1. The summed E-state index contributed by atoms with van der Waals surface area (Å²) in [5, 5.41) is 11.5. The standard InChI is InChI=1S/C35H37ClF3N7O8/c1-52-28(50)24(12-18-40-27(49)25(47)11-13-33(14-15-33)29(51)53-2)42-26(48)20-3-9-23(10-4-20)41-30-43-31(45-32(44-30)54-19-35(37,38)39)46-34(16-17-34)21-5-7-22(36)8-6-21/h3-10,24H,11-19H2,1-2H3,(H,40,49)(H,42,48)(H2,41,43,44,45,46)/t24-/m0/s1. The number of halogens is 4. The van der Waals surface area contributed by atoms with Gasteiger partial charge in [-0.25, -0.2) is 4.79 Å². The maximum absolute atomic E-state index is 13.1. The van der Waals surface area contributed by atoms with Gasteiger partial charge in [0.2, 0.25) is 17.7 Å². The highest BCUT2D eigenvalue weighted by molar-refractivity contribution is 6.36. The first-order valence-corrected chi connectivity index (χ1v) is 17.2. The lowest BCUT2D eigenvalue weighted by atomic mass is 9.98. The summed E-state index contributed by atoms with van der Waals surface area (Å²) < 4.78 is 53.2. The van der Waals surface area contributed by atoms with Gasteiger partial charge in [0.25, 0.3) is 11.8 Å². The number of benzene rings is 2. The summed E-state index contributed by atoms with van der Waals surface area (Å²) in [4.78, 5) is 74.3. The Kier molecular flexibility index (Phi) is 12.2. The monoisotopic (exact) mass is 775 g/mol. The number of methoxy groups -OCH3 is 2. The molecule has 54 heavy (non-hydrogen) atoms. The summed E-state index contributed by atoms with van der Waals surface area (Å²) in [5.41, 5.74) is 0.0815. The number of hydrogen-bond donors (Lipinski definition) is 4. The molecule has 0 saturated heterocycles. The molecule has 0 radical (unpaired) electrons. The molecule has 0 aliphatic heterocycles. The Labute approximate surface area is 312 Å². The number of nitrogens with one attached hydrogen (secondary N) is 4. The quantitative estimate of drug-likeness (QED) is 0.105. The molecule has 2 aliphatic rings. The molecular weight excluding hydrogens is 739 g/mol. The van der Waals surface area contributed by atoms with E-state index in [9.17, 15) is 37.1 Å². The third-order valence-corrected chi connectivity index (χ3v) is 9.20. The molecule has 5 rings (SSSR count). The first kappa shape index (κ1) is 39.7. The van der Waals surface area contributed by atoms with E-state index in [-0.39, 0.29) is 43.3 Å². The number of amides is 2. The zero-order chi connectivity index (χ0) is 39.1. The van der Waals surface area contributed by atoms with E-state index < -0.39 is 65.3 Å². The fourth-order valence-electron chi connectivity index (χ4n) is 5.56. The van der Waals surface area contributed by atoms with Crippen LogP contribution in [0.15, 0.2) is 48.5 Å². The first-order valence-electron chi connectivity index (χ1n) is 16.8. The normalized spacial score (nSPS) is 15.5. The Balaban J connectivity index is 1.19. The zero-order valence-corrected chi connectivity index (χ0v) is 29.9. The lowest BCUT2D eigenvalue weighted by molar-refractivity contribution is -0.154. The average molecular weight is 776 g/mol. The molecule has 0 spiro atoms. The van der Waals surface area contributed by atoms with Crippen LogP contribution in [0, 0.1) is 5.41 Å². The van der Waals surface area contributed by atoms with E-state index in [1.54, 1.807) is 12.1 Å². The van der Waals surface area contributed by atoms with Gasteiger partial charge in [-0.05, 0) is 80.5 Å². The highest BCUT2D eigenvalue weighted by atomic mass is 35.5. The van der Waals surface area contributed by atoms with Crippen LogP contribution in [0.1, 0.15) is 60.9 Å². The predicted octanol–water partition coefficient (Wildman–Crippen LogP) is 4.39. The number of esters is 2. The van der Waals surface area contributed by atoms with Crippen molar-refractivity contribution in [3.8, 4) is 6.01 Å². The molecular formula is C35H37ClF3N7O8. The van der Waals surface area contributed by atoms with Crippen LogP contribution in [0.5, 0.6) is 6.01 Å². The molecule has 1 heterocycles. The van der Waals surface area contributed by atoms with Gasteiger partial charge in [-0.3, -0.25) is 19.2 Å². The molecule has 4 N–H and O–H groups in total. The number of carbonyl (C=O) groups is 5. The molecule has 2 fully saturated rings. The number of Topliss-reactive ketones (excluding diaryl/α,β-unsaturated/α-hetero) is 1. The van der Waals surface area contributed by atoms with Crippen LogP contribution < -0.4 is 26.0 Å². The molecule has 2 aliphatic carbocycles. The van der Waals surface area contributed by atoms with E-state index in [4.69, 9.17) is 25.8 Å². The van der Waals surface area contributed by atoms with Crippen LogP contribution in [0.4, 0.5) is 30.8 Å². The SMILES string of the molecule is COC(=O)[C@H](CCNC(=O)C(=O)CCC1(C(=O)OC)CC1)NC(=O)c1ccc(Nc2nc(NC3(c4ccc(Cl)cc4)CC3)nc(OCC(F)(F)F)n2)cc1. The van der Waals surface area contributed by atoms with E-state index in [2.05, 4.69) is 36.2 Å². The Bertz CT molecular complexity index is 1870. The van der Waals surface area contributed by atoms with E-state index in [1.807, 2.05) is 12.1 Å². The van der Waals surface area contributed by atoms with Crippen molar-refractivity contribution in [1.82, 2.24) is 25.6 Å². The van der Waals surface area contributed by atoms with E-state index >= 15 is 0 Å². The Morgan fingerprint density at radius 3 is 2.15 bits per heavy atom. The zero-order valence-electron chi connectivity index (χ0n) is 29.2. The minimum atomic E-state index is -4.64. The van der Waals surface area contributed by atoms with Crippen molar-refractivity contribution in [1.29, 1.82) is 0 Å². The van der Waals surface area contributed by atoms with Crippen molar-refractivity contribution < 1.29 is 51.4 Å². The van der Waals surface area contributed by atoms with Gasteiger partial charge < -0.3 is 35.5 Å². The van der Waals surface area contributed by atoms with Gasteiger partial charge in [-0.2, -0.15) is 28.1 Å². The van der Waals surface area contributed by atoms with Crippen molar-refractivity contribution in [2.45, 2.75) is 62.7 Å². The molecule has 288 valence electrons. The topological polar surface area (TPSA) is 200 Å². The van der Waals surface area contributed by atoms with Crippen molar-refractivity contribution >= 4 is 58.7 Å². The predicted molar refractivity (Wildman–Crippen MR) is 186 cm³/mol. The molecule has 2 saturated carbocycles. The minimum Gasteiger partial charge on any atom is -0.469 e. The van der Waals surface area contributed by atoms with E-state index in [0.29, 0.717) is 36.4 Å². The molecule has 1 aromatic heterocycles. The van der Waals surface area contributed by atoms with Gasteiger partial charge in [0, 0.05) is 29.2 Å². The summed E-state index contributed by atoms with van der Waals surface area (Å²) in [6.45, 7) is -1.77. The molecule has 0 unspecified atom stereocenters. The second-order valence-corrected chi connectivity index (χ2v) is 13.3. The fraction of sp³-hybridized carbons (Fsp3) is 0.429. The van der Waals surface area contributed by atoms with Crippen molar-refractivity contribution in [3.63, 3.8) is 0 Å². The molecule has 0 bridgehead atoms. The lowest BCUT2D eigenvalue weighted by Gasteiger charge is -2.19.